The van der Waals surface area contributed by atoms with Crippen LogP contribution in [0, 0.1) is 5.82 Å². The smallest absolute Gasteiger partial charge is 0.335 e. The summed E-state index contributed by atoms with van der Waals surface area (Å²) in [4.78, 5) is 23.1. The van der Waals surface area contributed by atoms with E-state index in [1.807, 2.05) is 0 Å². The Hall–Kier alpha value is -3.41. The van der Waals surface area contributed by atoms with Crippen LogP contribution in [0.2, 0.25) is 0 Å². The summed E-state index contributed by atoms with van der Waals surface area (Å²) in [7, 11) is 0. The molecule has 0 saturated heterocycles. The molecule has 0 aliphatic carbocycles. The number of carboxylic acid groups (broad SMARTS) is 1. The molecule has 0 atom stereocenters. The highest BCUT2D eigenvalue weighted by atomic mass is 19.1. The number of carbonyl (C=O) groups excluding carboxylic acids is 1. The Bertz CT molecular complexity index is 917. The largest absolute Gasteiger partial charge is 0.478 e. The van der Waals surface area contributed by atoms with E-state index in [0.717, 1.165) is 0 Å². The molecule has 2 N–H and O–H groups in total. The minimum Gasteiger partial charge on any atom is -0.478 e. The van der Waals surface area contributed by atoms with Crippen LogP contribution in [-0.4, -0.2) is 17.0 Å². The van der Waals surface area contributed by atoms with Crippen molar-refractivity contribution in [3.8, 4) is 11.3 Å². The van der Waals surface area contributed by atoms with Crippen LogP contribution in [0.25, 0.3) is 11.3 Å². The average molecular weight is 325 g/mol. The average Bonchev–Trinajstić information content (AvgIpc) is 3.05. The van der Waals surface area contributed by atoms with E-state index < -0.39 is 17.7 Å². The maximum atomic E-state index is 13.7. The fraction of sp³-hybridized carbons (Fsp3) is 0. The van der Waals surface area contributed by atoms with Gasteiger partial charge in [-0.3, -0.25) is 4.79 Å². The van der Waals surface area contributed by atoms with Crippen LogP contribution < -0.4 is 5.32 Å². The number of hydrogen-bond donors (Lipinski definition) is 2. The molecule has 6 heteroatoms. The van der Waals surface area contributed by atoms with Crippen LogP contribution >= 0.6 is 0 Å². The third-order valence-corrected chi connectivity index (χ3v) is 3.34. The van der Waals surface area contributed by atoms with Crippen LogP contribution in [0.4, 0.5) is 10.1 Å². The van der Waals surface area contributed by atoms with Gasteiger partial charge in [-0.1, -0.05) is 18.2 Å². The summed E-state index contributed by atoms with van der Waals surface area (Å²) in [6, 6.07) is 14.8. The lowest BCUT2D eigenvalue weighted by Crippen LogP contribution is -2.11. The van der Waals surface area contributed by atoms with Gasteiger partial charge in [0.05, 0.1) is 11.1 Å². The van der Waals surface area contributed by atoms with E-state index in [0.29, 0.717) is 5.69 Å². The molecule has 0 saturated carbocycles. The van der Waals surface area contributed by atoms with Gasteiger partial charge in [-0.15, -0.1) is 0 Å². The summed E-state index contributed by atoms with van der Waals surface area (Å²) in [6.45, 7) is 0. The number of furan rings is 1. The second kappa shape index (κ2) is 6.37. The zero-order valence-electron chi connectivity index (χ0n) is 12.3. The van der Waals surface area contributed by atoms with E-state index in [1.165, 1.54) is 36.4 Å². The van der Waals surface area contributed by atoms with Gasteiger partial charge < -0.3 is 14.8 Å². The number of carboxylic acids is 1. The second-order valence-corrected chi connectivity index (χ2v) is 4.98. The van der Waals surface area contributed by atoms with Crippen molar-refractivity contribution in [1.29, 1.82) is 0 Å². The minimum atomic E-state index is -1.09. The van der Waals surface area contributed by atoms with Crippen LogP contribution in [0.15, 0.2) is 65.1 Å². The minimum absolute atomic E-state index is 0.00557. The summed E-state index contributed by atoms with van der Waals surface area (Å²) >= 11 is 0. The number of rotatable bonds is 4. The fourth-order valence-electron chi connectivity index (χ4n) is 2.19. The van der Waals surface area contributed by atoms with Crippen molar-refractivity contribution in [2.24, 2.45) is 0 Å². The first kappa shape index (κ1) is 15.5. The zero-order chi connectivity index (χ0) is 17.1. The molecule has 0 bridgehead atoms. The standard InChI is InChI=1S/C18H12FNO4/c19-14-7-2-1-6-13(14)15-8-9-16(24-15)17(21)20-12-5-3-4-11(10-12)18(22)23/h1-10H,(H,20,21)(H,22,23). The number of hydrogen-bond acceptors (Lipinski definition) is 3. The number of aromatic carboxylic acids is 1. The van der Waals surface area contributed by atoms with E-state index in [4.69, 9.17) is 9.52 Å². The van der Waals surface area contributed by atoms with E-state index in [-0.39, 0.29) is 22.6 Å². The number of benzene rings is 2. The molecular weight excluding hydrogens is 313 g/mol. The fourth-order valence-corrected chi connectivity index (χ4v) is 2.19. The molecule has 5 nitrogen and oxygen atoms in total. The van der Waals surface area contributed by atoms with Gasteiger partial charge in [0.2, 0.25) is 0 Å². The highest BCUT2D eigenvalue weighted by Crippen LogP contribution is 2.25. The summed E-state index contributed by atoms with van der Waals surface area (Å²) in [5.74, 6) is -1.87. The van der Waals surface area contributed by atoms with Crippen LogP contribution in [-0.2, 0) is 0 Å². The molecule has 0 aliphatic heterocycles. The molecule has 0 spiro atoms. The molecule has 1 amide bonds. The van der Waals surface area contributed by atoms with Crippen molar-refractivity contribution in [3.63, 3.8) is 0 Å². The third-order valence-electron chi connectivity index (χ3n) is 3.34. The molecule has 1 heterocycles. The maximum Gasteiger partial charge on any atom is 0.335 e. The quantitative estimate of drug-likeness (QED) is 0.759. The second-order valence-electron chi connectivity index (χ2n) is 4.98. The van der Waals surface area contributed by atoms with Gasteiger partial charge in [-0.05, 0) is 42.5 Å². The van der Waals surface area contributed by atoms with Gasteiger partial charge in [0.25, 0.3) is 5.91 Å². The summed E-state index contributed by atoms with van der Waals surface area (Å²) < 4.78 is 19.1. The van der Waals surface area contributed by atoms with Crippen molar-refractivity contribution in [2.75, 3.05) is 5.32 Å². The predicted molar refractivity (Wildman–Crippen MR) is 85.5 cm³/mol. The lowest BCUT2D eigenvalue weighted by Gasteiger charge is -2.04. The number of carbonyl (C=O) groups is 2. The molecule has 3 aromatic rings. The number of nitrogens with one attached hydrogen (secondary N) is 1. The van der Waals surface area contributed by atoms with Crippen LogP contribution in [0.5, 0.6) is 0 Å². The topological polar surface area (TPSA) is 79.5 Å². The zero-order valence-corrected chi connectivity index (χ0v) is 12.3. The van der Waals surface area contributed by atoms with Crippen LogP contribution in [0.3, 0.4) is 0 Å². The molecule has 0 unspecified atom stereocenters. The number of halogens is 1. The molecule has 3 rings (SSSR count). The Labute approximate surface area is 136 Å². The van der Waals surface area contributed by atoms with Crippen molar-refractivity contribution in [3.05, 3.63) is 77.8 Å². The van der Waals surface area contributed by atoms with Gasteiger partial charge in [0.15, 0.2) is 5.76 Å². The first-order valence-electron chi connectivity index (χ1n) is 7.04. The van der Waals surface area contributed by atoms with Crippen molar-refractivity contribution in [1.82, 2.24) is 0 Å². The molecule has 1 aromatic heterocycles. The monoisotopic (exact) mass is 325 g/mol. The molecule has 0 radical (unpaired) electrons. The highest BCUT2D eigenvalue weighted by Gasteiger charge is 2.15. The predicted octanol–water partition coefficient (Wildman–Crippen LogP) is 4.04. The Balaban J connectivity index is 1.81. The Morgan fingerprint density at radius 3 is 2.54 bits per heavy atom. The maximum absolute atomic E-state index is 13.7. The van der Waals surface area contributed by atoms with Crippen molar-refractivity contribution in [2.45, 2.75) is 0 Å². The Morgan fingerprint density at radius 2 is 1.79 bits per heavy atom. The molecular formula is C18H12FNO4. The Kier molecular flexibility index (Phi) is 4.11. The van der Waals surface area contributed by atoms with E-state index in [9.17, 15) is 14.0 Å². The molecule has 0 fully saturated rings. The Morgan fingerprint density at radius 1 is 1.00 bits per heavy atom. The van der Waals surface area contributed by atoms with E-state index >= 15 is 0 Å². The van der Waals surface area contributed by atoms with Crippen LogP contribution in [0.1, 0.15) is 20.9 Å². The first-order valence-corrected chi connectivity index (χ1v) is 7.04. The SMILES string of the molecule is O=C(O)c1cccc(NC(=O)c2ccc(-c3ccccc3F)o2)c1. The van der Waals surface area contributed by atoms with E-state index in [2.05, 4.69) is 5.32 Å². The molecule has 24 heavy (non-hydrogen) atoms. The van der Waals surface area contributed by atoms with E-state index in [1.54, 1.807) is 24.3 Å². The van der Waals surface area contributed by atoms with Gasteiger partial charge in [-0.25, -0.2) is 9.18 Å². The van der Waals surface area contributed by atoms with Gasteiger partial charge >= 0.3 is 5.97 Å². The van der Waals surface area contributed by atoms with Gasteiger partial charge in [0, 0.05) is 5.69 Å². The third kappa shape index (κ3) is 3.17. The molecule has 120 valence electrons. The van der Waals surface area contributed by atoms with Crippen molar-refractivity contribution < 1.29 is 23.5 Å². The van der Waals surface area contributed by atoms with Crippen molar-refractivity contribution >= 4 is 17.6 Å². The highest BCUT2D eigenvalue weighted by molar-refractivity contribution is 6.03. The summed E-state index contributed by atoms with van der Waals surface area (Å²) in [5, 5.41) is 11.5. The lowest BCUT2D eigenvalue weighted by atomic mass is 10.1. The first-order chi connectivity index (χ1) is 11.5. The number of amides is 1. The van der Waals surface area contributed by atoms with Gasteiger partial charge in [-0.2, -0.15) is 0 Å². The summed E-state index contributed by atoms with van der Waals surface area (Å²) in [6.07, 6.45) is 0. The number of anilines is 1. The normalized spacial score (nSPS) is 10.4. The molecule has 2 aromatic carbocycles. The van der Waals surface area contributed by atoms with Gasteiger partial charge in [0.1, 0.15) is 11.6 Å². The summed E-state index contributed by atoms with van der Waals surface area (Å²) in [5.41, 5.74) is 0.632. The lowest BCUT2D eigenvalue weighted by molar-refractivity contribution is 0.0696. The molecule has 0 aliphatic rings.